The van der Waals surface area contributed by atoms with E-state index in [1.807, 2.05) is 0 Å². The minimum atomic E-state index is -0.298. The van der Waals surface area contributed by atoms with Gasteiger partial charge in [-0.2, -0.15) is 0 Å². The van der Waals surface area contributed by atoms with E-state index < -0.39 is 0 Å². The fourth-order valence-electron chi connectivity index (χ4n) is 1.62. The zero-order chi connectivity index (χ0) is 14.5. The van der Waals surface area contributed by atoms with Crippen LogP contribution in [0.2, 0.25) is 0 Å². The van der Waals surface area contributed by atoms with Crippen LogP contribution in [0.1, 0.15) is 6.92 Å². The summed E-state index contributed by atoms with van der Waals surface area (Å²) < 4.78 is 19.5. The van der Waals surface area contributed by atoms with Crippen LogP contribution in [0, 0.1) is 5.82 Å². The highest BCUT2D eigenvalue weighted by Crippen LogP contribution is 2.22. The van der Waals surface area contributed by atoms with Gasteiger partial charge in [-0.3, -0.25) is 4.79 Å². The predicted molar refractivity (Wildman–Crippen MR) is 73.8 cm³/mol. The molecule has 0 bridgehead atoms. The smallest absolute Gasteiger partial charge is 0.316 e. The van der Waals surface area contributed by atoms with Gasteiger partial charge < -0.3 is 9.30 Å². The van der Waals surface area contributed by atoms with Gasteiger partial charge in [0, 0.05) is 12.6 Å². The molecule has 0 aliphatic heterocycles. The maximum Gasteiger partial charge on any atom is 0.316 e. The summed E-state index contributed by atoms with van der Waals surface area (Å²) in [5.41, 5.74) is 0.768. The average molecular weight is 295 g/mol. The van der Waals surface area contributed by atoms with E-state index in [-0.39, 0.29) is 17.5 Å². The Balaban J connectivity index is 2.11. The molecule has 0 radical (unpaired) electrons. The van der Waals surface area contributed by atoms with Gasteiger partial charge >= 0.3 is 5.97 Å². The summed E-state index contributed by atoms with van der Waals surface area (Å²) in [5, 5.41) is 8.69. The second-order valence-electron chi connectivity index (χ2n) is 3.97. The number of rotatable bonds is 5. The number of hydrogen-bond acceptors (Lipinski definition) is 5. The van der Waals surface area contributed by atoms with Crippen molar-refractivity contribution in [1.29, 1.82) is 0 Å². The highest BCUT2D eigenvalue weighted by Gasteiger charge is 2.13. The molecule has 0 fully saturated rings. The Labute approximate surface area is 120 Å². The van der Waals surface area contributed by atoms with Crippen LogP contribution in [-0.2, 0) is 16.6 Å². The van der Waals surface area contributed by atoms with Crippen molar-refractivity contribution in [3.63, 3.8) is 0 Å². The molecule has 2 rings (SSSR count). The Morgan fingerprint density at radius 1 is 1.35 bits per heavy atom. The van der Waals surface area contributed by atoms with E-state index in [9.17, 15) is 9.18 Å². The number of aromatic nitrogens is 3. The molecular formula is C13H14FN3O2S. The number of esters is 1. The Hall–Kier alpha value is -1.89. The van der Waals surface area contributed by atoms with Crippen LogP contribution in [0.25, 0.3) is 11.4 Å². The number of ether oxygens (including phenoxy) is 1. The molecule has 0 spiro atoms. The first-order chi connectivity index (χ1) is 9.61. The quantitative estimate of drug-likeness (QED) is 0.625. The fourth-order valence-corrected chi connectivity index (χ4v) is 2.33. The summed E-state index contributed by atoms with van der Waals surface area (Å²) in [7, 11) is 1.80. The van der Waals surface area contributed by atoms with E-state index in [2.05, 4.69) is 10.2 Å². The Morgan fingerprint density at radius 3 is 2.70 bits per heavy atom. The van der Waals surface area contributed by atoms with Crippen LogP contribution in [0.3, 0.4) is 0 Å². The molecular weight excluding hydrogens is 281 g/mol. The molecule has 0 aliphatic rings. The first-order valence-electron chi connectivity index (χ1n) is 6.05. The molecule has 1 aromatic heterocycles. The molecule has 7 heteroatoms. The summed E-state index contributed by atoms with van der Waals surface area (Å²) >= 11 is 1.25. The van der Waals surface area contributed by atoms with E-state index in [0.29, 0.717) is 17.6 Å². The molecule has 106 valence electrons. The summed E-state index contributed by atoms with van der Waals surface area (Å²) in [4.78, 5) is 11.3. The third-order valence-corrected chi connectivity index (χ3v) is 3.56. The van der Waals surface area contributed by atoms with Gasteiger partial charge in [0.15, 0.2) is 11.0 Å². The van der Waals surface area contributed by atoms with Crippen molar-refractivity contribution >= 4 is 17.7 Å². The number of thioether (sulfide) groups is 1. The molecule has 0 amide bonds. The van der Waals surface area contributed by atoms with E-state index in [0.717, 1.165) is 5.56 Å². The summed E-state index contributed by atoms with van der Waals surface area (Å²) in [6.45, 7) is 2.12. The fraction of sp³-hybridized carbons (Fsp3) is 0.308. The van der Waals surface area contributed by atoms with Gasteiger partial charge in [0.05, 0.1) is 12.4 Å². The molecule has 20 heavy (non-hydrogen) atoms. The van der Waals surface area contributed by atoms with Crippen molar-refractivity contribution in [2.24, 2.45) is 7.05 Å². The van der Waals surface area contributed by atoms with Gasteiger partial charge in [0.2, 0.25) is 0 Å². The number of nitrogens with zero attached hydrogens (tertiary/aromatic N) is 3. The molecule has 0 saturated heterocycles. The van der Waals surface area contributed by atoms with Crippen LogP contribution in [0.5, 0.6) is 0 Å². The third kappa shape index (κ3) is 3.36. The molecule has 0 aliphatic carbocycles. The number of benzene rings is 1. The second kappa shape index (κ2) is 6.51. The normalized spacial score (nSPS) is 10.6. The number of carbonyl (C=O) groups is 1. The van der Waals surface area contributed by atoms with Crippen LogP contribution >= 0.6 is 11.8 Å². The molecule has 0 unspecified atom stereocenters. The molecule has 2 aromatic rings. The monoisotopic (exact) mass is 295 g/mol. The second-order valence-corrected chi connectivity index (χ2v) is 4.91. The van der Waals surface area contributed by atoms with Gasteiger partial charge in [0.1, 0.15) is 5.82 Å². The molecule has 1 aromatic carbocycles. The zero-order valence-electron chi connectivity index (χ0n) is 11.2. The van der Waals surface area contributed by atoms with E-state index in [1.54, 1.807) is 30.7 Å². The maximum absolute atomic E-state index is 12.9. The number of halogens is 1. The first kappa shape index (κ1) is 14.5. The van der Waals surface area contributed by atoms with Crippen molar-refractivity contribution < 1.29 is 13.9 Å². The summed E-state index contributed by atoms with van der Waals surface area (Å²) in [6, 6.07) is 6.02. The van der Waals surface area contributed by atoms with Crippen LogP contribution in [0.15, 0.2) is 29.4 Å². The molecule has 0 atom stereocenters. The van der Waals surface area contributed by atoms with Gasteiger partial charge in [0.25, 0.3) is 0 Å². The minimum absolute atomic E-state index is 0.184. The van der Waals surface area contributed by atoms with Crippen LogP contribution in [0.4, 0.5) is 4.39 Å². The largest absolute Gasteiger partial charge is 0.465 e. The number of hydrogen-bond donors (Lipinski definition) is 0. The van der Waals surface area contributed by atoms with Gasteiger partial charge in [-0.05, 0) is 31.2 Å². The lowest BCUT2D eigenvalue weighted by atomic mass is 10.2. The molecule has 0 N–H and O–H groups in total. The topological polar surface area (TPSA) is 57.0 Å². The van der Waals surface area contributed by atoms with Crippen molar-refractivity contribution in [3.8, 4) is 11.4 Å². The Morgan fingerprint density at radius 2 is 2.05 bits per heavy atom. The van der Waals surface area contributed by atoms with Crippen molar-refractivity contribution in [3.05, 3.63) is 30.1 Å². The average Bonchev–Trinajstić information content (AvgIpc) is 2.79. The maximum atomic E-state index is 12.9. The van der Waals surface area contributed by atoms with E-state index in [1.165, 1.54) is 23.9 Å². The standard InChI is InChI=1S/C13H14FN3O2S/c1-3-19-11(18)8-20-13-16-15-12(17(13)2)9-4-6-10(14)7-5-9/h4-7H,3,8H2,1-2H3. The highest BCUT2D eigenvalue weighted by atomic mass is 32.2. The lowest BCUT2D eigenvalue weighted by Crippen LogP contribution is -2.07. The molecule has 5 nitrogen and oxygen atoms in total. The number of carbonyl (C=O) groups excluding carboxylic acids is 1. The highest BCUT2D eigenvalue weighted by molar-refractivity contribution is 7.99. The predicted octanol–water partition coefficient (Wildman–Crippen LogP) is 2.28. The lowest BCUT2D eigenvalue weighted by molar-refractivity contribution is -0.139. The van der Waals surface area contributed by atoms with Crippen LogP contribution < -0.4 is 0 Å². The van der Waals surface area contributed by atoms with Crippen molar-refractivity contribution in [2.75, 3.05) is 12.4 Å². The molecule has 0 saturated carbocycles. The van der Waals surface area contributed by atoms with Gasteiger partial charge in [-0.25, -0.2) is 4.39 Å². The van der Waals surface area contributed by atoms with Crippen molar-refractivity contribution in [1.82, 2.24) is 14.8 Å². The third-order valence-electron chi connectivity index (χ3n) is 2.56. The summed E-state index contributed by atoms with van der Waals surface area (Å²) in [6.07, 6.45) is 0. The lowest BCUT2D eigenvalue weighted by Gasteiger charge is -2.04. The minimum Gasteiger partial charge on any atom is -0.465 e. The summed E-state index contributed by atoms with van der Waals surface area (Å²) in [5.74, 6) is 0.219. The van der Waals surface area contributed by atoms with E-state index in [4.69, 9.17) is 4.74 Å². The SMILES string of the molecule is CCOC(=O)CSc1nnc(-c2ccc(F)cc2)n1C. The first-order valence-corrected chi connectivity index (χ1v) is 7.04. The van der Waals surface area contributed by atoms with Crippen LogP contribution in [-0.4, -0.2) is 33.1 Å². The van der Waals surface area contributed by atoms with Gasteiger partial charge in [-0.15, -0.1) is 10.2 Å². The Kier molecular flexibility index (Phi) is 4.73. The van der Waals surface area contributed by atoms with Gasteiger partial charge in [-0.1, -0.05) is 11.8 Å². The molecule has 1 heterocycles. The van der Waals surface area contributed by atoms with E-state index >= 15 is 0 Å². The zero-order valence-corrected chi connectivity index (χ0v) is 12.0. The Bertz CT molecular complexity index is 598. The van der Waals surface area contributed by atoms with Crippen molar-refractivity contribution in [2.45, 2.75) is 12.1 Å².